The zero-order valence-electron chi connectivity index (χ0n) is 11.2. The van der Waals surface area contributed by atoms with E-state index in [0.717, 1.165) is 5.69 Å². The van der Waals surface area contributed by atoms with Gasteiger partial charge in [-0.25, -0.2) is 8.42 Å². The number of hydrogen-bond acceptors (Lipinski definition) is 5. The smallest absolute Gasteiger partial charge is 0.175 e. The van der Waals surface area contributed by atoms with Gasteiger partial charge in [0.25, 0.3) is 0 Å². The van der Waals surface area contributed by atoms with Gasteiger partial charge in [-0.1, -0.05) is 0 Å². The van der Waals surface area contributed by atoms with Crippen molar-refractivity contribution in [3.05, 3.63) is 40.1 Å². The van der Waals surface area contributed by atoms with Crippen LogP contribution in [0.2, 0.25) is 0 Å². The Bertz CT molecular complexity index is 750. The van der Waals surface area contributed by atoms with Gasteiger partial charge < -0.3 is 10.1 Å². The van der Waals surface area contributed by atoms with Crippen molar-refractivity contribution in [1.82, 2.24) is 0 Å². The third kappa shape index (κ3) is 2.53. The predicted octanol–water partition coefficient (Wildman–Crippen LogP) is 3.01. The Morgan fingerprint density at radius 3 is 2.75 bits per heavy atom. The number of rotatable bonds is 2. The highest BCUT2D eigenvalue weighted by Crippen LogP contribution is 2.37. The first-order chi connectivity index (χ1) is 9.43. The van der Waals surface area contributed by atoms with E-state index in [1.165, 1.54) is 16.0 Å². The van der Waals surface area contributed by atoms with Gasteiger partial charge in [0.2, 0.25) is 0 Å². The lowest BCUT2D eigenvalue weighted by atomic mass is 10.2. The third-order valence-electron chi connectivity index (χ3n) is 3.20. The van der Waals surface area contributed by atoms with E-state index >= 15 is 0 Å². The summed E-state index contributed by atoms with van der Waals surface area (Å²) in [5.74, 6) is 0.694. The first kappa shape index (κ1) is 13.5. The van der Waals surface area contributed by atoms with Crippen LogP contribution in [0.3, 0.4) is 0 Å². The van der Waals surface area contributed by atoms with Crippen LogP contribution >= 0.6 is 11.3 Å². The lowest BCUT2D eigenvalue weighted by molar-refractivity contribution is 0.214. The summed E-state index contributed by atoms with van der Waals surface area (Å²) in [5.41, 5.74) is 0.734. The molecule has 1 aliphatic rings. The Morgan fingerprint density at radius 2 is 2.10 bits per heavy atom. The molecular weight excluding hydrogens is 294 g/mol. The Balaban J connectivity index is 1.89. The molecule has 0 aliphatic carbocycles. The van der Waals surface area contributed by atoms with Crippen LogP contribution in [0, 0.1) is 6.92 Å². The quantitative estimate of drug-likeness (QED) is 0.926. The molecule has 3 rings (SSSR count). The van der Waals surface area contributed by atoms with Gasteiger partial charge in [0, 0.05) is 16.0 Å². The van der Waals surface area contributed by atoms with Crippen molar-refractivity contribution in [2.75, 3.05) is 18.1 Å². The molecule has 0 amide bonds. The van der Waals surface area contributed by atoms with Crippen LogP contribution in [0.4, 0.5) is 5.69 Å². The van der Waals surface area contributed by atoms with Crippen LogP contribution < -0.4 is 10.1 Å². The van der Waals surface area contributed by atoms with Crippen LogP contribution in [0.25, 0.3) is 0 Å². The first-order valence-electron chi connectivity index (χ1n) is 6.24. The minimum absolute atomic E-state index is 0.0229. The molecule has 1 aliphatic heterocycles. The topological polar surface area (TPSA) is 55.4 Å². The standard InChI is InChI=1S/C14H15NO3S2/c1-9-3-6-14(19-9)13-8-15-11-7-10(20(2,16)17)4-5-12(11)18-13/h3-7,13,15H,8H2,1-2H3. The summed E-state index contributed by atoms with van der Waals surface area (Å²) in [6.07, 6.45) is 1.18. The van der Waals surface area contributed by atoms with Crippen molar-refractivity contribution >= 4 is 26.9 Å². The van der Waals surface area contributed by atoms with Crippen molar-refractivity contribution < 1.29 is 13.2 Å². The van der Waals surface area contributed by atoms with E-state index in [2.05, 4.69) is 24.4 Å². The molecule has 0 bridgehead atoms. The molecule has 20 heavy (non-hydrogen) atoms. The molecule has 0 radical (unpaired) electrons. The van der Waals surface area contributed by atoms with E-state index in [-0.39, 0.29) is 6.10 Å². The average molecular weight is 309 g/mol. The minimum Gasteiger partial charge on any atom is -0.481 e. The maximum Gasteiger partial charge on any atom is 0.175 e. The van der Waals surface area contributed by atoms with Gasteiger partial charge in [0.1, 0.15) is 5.75 Å². The molecule has 2 heterocycles. The van der Waals surface area contributed by atoms with Crippen LogP contribution in [0.1, 0.15) is 15.9 Å². The highest BCUT2D eigenvalue weighted by molar-refractivity contribution is 7.90. The molecule has 0 saturated heterocycles. The SMILES string of the molecule is Cc1ccc(C2CNc3cc(S(C)(=O)=O)ccc3O2)s1. The molecule has 1 aromatic heterocycles. The van der Waals surface area contributed by atoms with Crippen LogP contribution in [-0.2, 0) is 9.84 Å². The Morgan fingerprint density at radius 1 is 1.30 bits per heavy atom. The summed E-state index contributed by atoms with van der Waals surface area (Å²) in [6.45, 7) is 2.71. The summed E-state index contributed by atoms with van der Waals surface area (Å²) in [5, 5.41) is 3.25. The van der Waals surface area contributed by atoms with E-state index in [0.29, 0.717) is 17.2 Å². The molecular formula is C14H15NO3S2. The van der Waals surface area contributed by atoms with E-state index in [1.54, 1.807) is 29.5 Å². The van der Waals surface area contributed by atoms with E-state index in [1.807, 2.05) is 0 Å². The van der Waals surface area contributed by atoms with Crippen molar-refractivity contribution in [1.29, 1.82) is 0 Å². The highest BCUT2D eigenvalue weighted by atomic mass is 32.2. The Kier molecular flexibility index (Phi) is 3.22. The van der Waals surface area contributed by atoms with Crippen LogP contribution in [0.15, 0.2) is 35.2 Å². The van der Waals surface area contributed by atoms with Gasteiger partial charge in [0.05, 0.1) is 17.1 Å². The second-order valence-electron chi connectivity index (χ2n) is 4.87. The zero-order chi connectivity index (χ0) is 14.3. The fourth-order valence-electron chi connectivity index (χ4n) is 2.16. The van der Waals surface area contributed by atoms with Crippen molar-refractivity contribution in [3.8, 4) is 5.75 Å². The molecule has 1 aromatic carbocycles. The monoisotopic (exact) mass is 309 g/mol. The number of benzene rings is 1. The van der Waals surface area contributed by atoms with E-state index < -0.39 is 9.84 Å². The molecule has 0 spiro atoms. The molecule has 6 heteroatoms. The van der Waals surface area contributed by atoms with Crippen LogP contribution in [-0.4, -0.2) is 21.2 Å². The predicted molar refractivity (Wildman–Crippen MR) is 80.5 cm³/mol. The number of fused-ring (bicyclic) bond motifs is 1. The number of anilines is 1. The number of aryl methyl sites for hydroxylation is 1. The molecule has 1 atom stereocenters. The summed E-state index contributed by atoms with van der Waals surface area (Å²) in [7, 11) is -3.19. The summed E-state index contributed by atoms with van der Waals surface area (Å²) in [4.78, 5) is 2.73. The maximum absolute atomic E-state index is 11.5. The number of hydrogen-bond donors (Lipinski definition) is 1. The Labute approximate surface area is 122 Å². The first-order valence-corrected chi connectivity index (χ1v) is 8.95. The lowest BCUT2D eigenvalue weighted by Gasteiger charge is -2.27. The minimum atomic E-state index is -3.19. The lowest BCUT2D eigenvalue weighted by Crippen LogP contribution is -2.23. The molecule has 0 fully saturated rings. The normalized spacial score (nSPS) is 18.0. The molecule has 106 valence electrons. The van der Waals surface area contributed by atoms with Gasteiger partial charge in [0.15, 0.2) is 15.9 Å². The van der Waals surface area contributed by atoms with Crippen molar-refractivity contribution in [3.63, 3.8) is 0 Å². The maximum atomic E-state index is 11.5. The fourth-order valence-corrected chi connectivity index (χ4v) is 3.72. The fraction of sp³-hybridized carbons (Fsp3) is 0.286. The zero-order valence-corrected chi connectivity index (χ0v) is 12.8. The number of nitrogens with one attached hydrogen (secondary N) is 1. The molecule has 1 N–H and O–H groups in total. The number of sulfone groups is 1. The summed E-state index contributed by atoms with van der Waals surface area (Å²) < 4.78 is 29.0. The van der Waals surface area contributed by atoms with Gasteiger partial charge >= 0.3 is 0 Å². The average Bonchev–Trinajstić information content (AvgIpc) is 2.83. The molecule has 4 nitrogen and oxygen atoms in total. The second kappa shape index (κ2) is 4.79. The van der Waals surface area contributed by atoms with Crippen molar-refractivity contribution in [2.24, 2.45) is 0 Å². The van der Waals surface area contributed by atoms with Gasteiger partial charge in [-0.3, -0.25) is 0 Å². The van der Waals surface area contributed by atoms with Gasteiger partial charge in [-0.15, -0.1) is 11.3 Å². The van der Waals surface area contributed by atoms with Gasteiger partial charge in [-0.05, 0) is 37.3 Å². The highest BCUT2D eigenvalue weighted by Gasteiger charge is 2.23. The Hall–Kier alpha value is -1.53. The second-order valence-corrected chi connectivity index (χ2v) is 8.20. The molecule has 0 saturated carbocycles. The molecule has 2 aromatic rings. The van der Waals surface area contributed by atoms with E-state index in [4.69, 9.17) is 4.74 Å². The van der Waals surface area contributed by atoms with E-state index in [9.17, 15) is 8.42 Å². The van der Waals surface area contributed by atoms with Gasteiger partial charge in [-0.2, -0.15) is 0 Å². The number of thiophene rings is 1. The molecule has 1 unspecified atom stereocenters. The third-order valence-corrected chi connectivity index (χ3v) is 5.41. The largest absolute Gasteiger partial charge is 0.481 e. The number of ether oxygens (including phenoxy) is 1. The summed E-state index contributed by atoms with van der Waals surface area (Å²) in [6, 6.07) is 9.07. The summed E-state index contributed by atoms with van der Waals surface area (Å²) >= 11 is 1.72. The van der Waals surface area contributed by atoms with Crippen LogP contribution in [0.5, 0.6) is 5.75 Å². The van der Waals surface area contributed by atoms with Crippen molar-refractivity contribution in [2.45, 2.75) is 17.9 Å².